The van der Waals surface area contributed by atoms with Gasteiger partial charge in [0.15, 0.2) is 0 Å². The molecule has 0 aliphatic carbocycles. The van der Waals surface area contributed by atoms with Crippen LogP contribution in [0.5, 0.6) is 0 Å². The molecule has 5 nitrogen and oxygen atoms in total. The van der Waals surface area contributed by atoms with Gasteiger partial charge in [-0.05, 0) is 43.5 Å². The molecule has 1 aromatic heterocycles. The van der Waals surface area contributed by atoms with E-state index in [1.165, 1.54) is 5.56 Å². The topological polar surface area (TPSA) is 58.1 Å². The quantitative estimate of drug-likeness (QED) is 0.676. The first kappa shape index (κ1) is 19.5. The molecule has 3 rings (SSSR count). The Hall–Kier alpha value is -3.21. The highest BCUT2D eigenvalue weighted by Crippen LogP contribution is 2.16. The molecule has 3 aromatic rings. The third-order valence-corrected chi connectivity index (χ3v) is 4.65. The van der Waals surface area contributed by atoms with Crippen molar-refractivity contribution in [2.45, 2.75) is 39.9 Å². The fourth-order valence-electron chi connectivity index (χ4n) is 2.95. The summed E-state index contributed by atoms with van der Waals surface area (Å²) in [6.45, 7) is 7.39. The Morgan fingerprint density at radius 3 is 2.46 bits per heavy atom. The molecule has 1 N–H and O–H groups in total. The number of rotatable bonds is 7. The number of hydrogen-bond acceptors (Lipinski definition) is 4. The lowest BCUT2D eigenvalue weighted by Crippen LogP contribution is -2.33. The number of nitrogens with one attached hydrogen (secondary N) is 1. The number of benzene rings is 2. The number of hydrogen-bond donors (Lipinski definition) is 1. The van der Waals surface area contributed by atoms with Gasteiger partial charge < -0.3 is 10.2 Å². The first-order valence-corrected chi connectivity index (χ1v) is 9.51. The number of anilines is 1. The minimum absolute atomic E-state index is 0.199. The number of nitrogens with zero attached hydrogens (tertiary/aromatic N) is 3. The van der Waals surface area contributed by atoms with Gasteiger partial charge in [0.05, 0.1) is 0 Å². The maximum Gasteiger partial charge on any atom is 0.270 e. The van der Waals surface area contributed by atoms with Crippen molar-refractivity contribution in [3.8, 4) is 0 Å². The van der Waals surface area contributed by atoms with Crippen molar-refractivity contribution in [1.29, 1.82) is 0 Å². The minimum Gasteiger partial charge on any atom is -0.347 e. The second-order valence-corrected chi connectivity index (χ2v) is 7.06. The zero-order valence-corrected chi connectivity index (χ0v) is 16.6. The van der Waals surface area contributed by atoms with Crippen molar-refractivity contribution in [3.05, 3.63) is 89.2 Å². The number of amides is 1. The zero-order chi connectivity index (χ0) is 19.9. The highest BCUT2D eigenvalue weighted by molar-refractivity contribution is 5.92. The number of aryl methyl sites for hydroxylation is 1. The summed E-state index contributed by atoms with van der Waals surface area (Å²) >= 11 is 0. The van der Waals surface area contributed by atoms with Gasteiger partial charge in [-0.15, -0.1) is 0 Å². The molecule has 5 heteroatoms. The third-order valence-electron chi connectivity index (χ3n) is 4.65. The third kappa shape index (κ3) is 4.94. The van der Waals surface area contributed by atoms with Gasteiger partial charge in [0, 0.05) is 25.3 Å². The number of carbonyl (C=O) groups excluding carboxylic acids is 1. The molecule has 0 aliphatic heterocycles. The van der Waals surface area contributed by atoms with Gasteiger partial charge in [0.2, 0.25) is 5.95 Å². The summed E-state index contributed by atoms with van der Waals surface area (Å²) in [6.07, 6.45) is 1.64. The summed E-state index contributed by atoms with van der Waals surface area (Å²) < 4.78 is 0. The van der Waals surface area contributed by atoms with E-state index in [-0.39, 0.29) is 11.9 Å². The average Bonchev–Trinajstić information content (AvgIpc) is 2.72. The van der Waals surface area contributed by atoms with Crippen molar-refractivity contribution in [1.82, 2.24) is 15.3 Å². The summed E-state index contributed by atoms with van der Waals surface area (Å²) in [6, 6.07) is 20.1. The normalized spacial score (nSPS) is 10.7. The summed E-state index contributed by atoms with van der Waals surface area (Å²) in [7, 11) is 0. The molecular formula is C23H26N4O. The summed E-state index contributed by atoms with van der Waals surface area (Å²) in [5.41, 5.74) is 3.80. The van der Waals surface area contributed by atoms with Crippen molar-refractivity contribution < 1.29 is 4.79 Å². The molecule has 144 valence electrons. The van der Waals surface area contributed by atoms with Gasteiger partial charge in [-0.2, -0.15) is 0 Å². The lowest BCUT2D eigenvalue weighted by molar-refractivity contribution is 0.0945. The minimum atomic E-state index is -0.199. The summed E-state index contributed by atoms with van der Waals surface area (Å²) in [5.74, 6) is 0.359. The molecule has 0 bridgehead atoms. The highest BCUT2D eigenvalue weighted by atomic mass is 16.1. The van der Waals surface area contributed by atoms with E-state index in [1.54, 1.807) is 12.3 Å². The smallest absolute Gasteiger partial charge is 0.270 e. The van der Waals surface area contributed by atoms with Crippen LogP contribution < -0.4 is 10.2 Å². The van der Waals surface area contributed by atoms with E-state index in [2.05, 4.69) is 46.2 Å². The first-order valence-electron chi connectivity index (χ1n) is 9.51. The second-order valence-electron chi connectivity index (χ2n) is 7.06. The summed E-state index contributed by atoms with van der Waals surface area (Å²) in [4.78, 5) is 23.6. The van der Waals surface area contributed by atoms with Gasteiger partial charge >= 0.3 is 0 Å². The molecule has 0 saturated carbocycles. The van der Waals surface area contributed by atoms with Gasteiger partial charge in [0.25, 0.3) is 5.91 Å². The van der Waals surface area contributed by atoms with Crippen molar-refractivity contribution in [2.24, 2.45) is 0 Å². The molecule has 0 atom stereocenters. The van der Waals surface area contributed by atoms with Gasteiger partial charge in [0.1, 0.15) is 5.69 Å². The molecule has 0 radical (unpaired) electrons. The molecule has 0 fully saturated rings. The van der Waals surface area contributed by atoms with Crippen LogP contribution in [0, 0.1) is 6.92 Å². The van der Waals surface area contributed by atoms with Crippen LogP contribution in [0.15, 0.2) is 66.9 Å². The Kier molecular flexibility index (Phi) is 6.37. The molecule has 28 heavy (non-hydrogen) atoms. The van der Waals surface area contributed by atoms with Crippen LogP contribution in [0.4, 0.5) is 5.95 Å². The maximum absolute atomic E-state index is 12.6. The van der Waals surface area contributed by atoms with E-state index >= 15 is 0 Å². The van der Waals surface area contributed by atoms with E-state index in [1.807, 2.05) is 49.4 Å². The number of aromatic nitrogens is 2. The monoisotopic (exact) mass is 374 g/mol. The molecule has 0 saturated heterocycles. The van der Waals surface area contributed by atoms with Crippen LogP contribution in [0.25, 0.3) is 0 Å². The lowest BCUT2D eigenvalue weighted by atomic mass is 10.1. The van der Waals surface area contributed by atoms with Gasteiger partial charge in [-0.1, -0.05) is 54.6 Å². The lowest BCUT2D eigenvalue weighted by Gasteiger charge is -2.27. The van der Waals surface area contributed by atoms with Crippen molar-refractivity contribution in [2.75, 3.05) is 4.90 Å². The largest absolute Gasteiger partial charge is 0.347 e. The fraction of sp³-hybridized carbons (Fsp3) is 0.261. The van der Waals surface area contributed by atoms with Crippen LogP contribution in [-0.4, -0.2) is 21.9 Å². The van der Waals surface area contributed by atoms with Gasteiger partial charge in [-0.3, -0.25) is 4.79 Å². The molecule has 2 aromatic carbocycles. The van der Waals surface area contributed by atoms with E-state index < -0.39 is 0 Å². The average molecular weight is 374 g/mol. The van der Waals surface area contributed by atoms with Crippen molar-refractivity contribution >= 4 is 11.9 Å². The molecule has 1 heterocycles. The van der Waals surface area contributed by atoms with E-state index in [0.717, 1.165) is 11.1 Å². The van der Waals surface area contributed by atoms with Crippen LogP contribution in [0.2, 0.25) is 0 Å². The fourth-order valence-corrected chi connectivity index (χ4v) is 2.95. The maximum atomic E-state index is 12.6. The van der Waals surface area contributed by atoms with Crippen LogP contribution in [0.1, 0.15) is 41.0 Å². The highest BCUT2D eigenvalue weighted by Gasteiger charge is 2.16. The Balaban J connectivity index is 1.74. The standard InChI is InChI=1S/C23H26N4O/c1-17(2)27(16-19-10-5-4-6-11-19)23-24-14-13-21(26-23)22(28)25-15-20-12-8-7-9-18(20)3/h4-14,17H,15-16H2,1-3H3,(H,25,28). The van der Waals surface area contributed by atoms with E-state index in [4.69, 9.17) is 0 Å². The Bertz CT molecular complexity index is 925. The van der Waals surface area contributed by atoms with Gasteiger partial charge in [-0.25, -0.2) is 9.97 Å². The van der Waals surface area contributed by atoms with E-state index in [0.29, 0.717) is 24.7 Å². The predicted octanol–water partition coefficient (Wildman–Crippen LogP) is 4.13. The van der Waals surface area contributed by atoms with Crippen molar-refractivity contribution in [3.63, 3.8) is 0 Å². The SMILES string of the molecule is Cc1ccccc1CNC(=O)c1ccnc(N(Cc2ccccc2)C(C)C)n1. The second kappa shape index (κ2) is 9.13. The molecular weight excluding hydrogens is 348 g/mol. The van der Waals surface area contributed by atoms with Crippen LogP contribution >= 0.6 is 0 Å². The van der Waals surface area contributed by atoms with Crippen LogP contribution in [0.3, 0.4) is 0 Å². The molecule has 0 aliphatic rings. The first-order chi connectivity index (χ1) is 13.5. The Labute approximate surface area is 166 Å². The summed E-state index contributed by atoms with van der Waals surface area (Å²) in [5, 5.41) is 2.95. The Morgan fingerprint density at radius 1 is 1.04 bits per heavy atom. The predicted molar refractivity (Wildman–Crippen MR) is 112 cm³/mol. The zero-order valence-electron chi connectivity index (χ0n) is 16.6. The molecule has 0 spiro atoms. The van der Waals surface area contributed by atoms with Crippen LogP contribution in [-0.2, 0) is 13.1 Å². The molecule has 1 amide bonds. The number of carbonyl (C=O) groups is 1. The molecule has 0 unspecified atom stereocenters. The van der Waals surface area contributed by atoms with E-state index in [9.17, 15) is 4.79 Å². The Morgan fingerprint density at radius 2 is 1.75 bits per heavy atom.